The van der Waals surface area contributed by atoms with Crippen molar-refractivity contribution in [2.45, 2.75) is 11.8 Å². The van der Waals surface area contributed by atoms with E-state index in [0.29, 0.717) is 11.3 Å². The summed E-state index contributed by atoms with van der Waals surface area (Å²) in [4.78, 5) is 26.1. The molecule has 1 aliphatic rings. The summed E-state index contributed by atoms with van der Waals surface area (Å²) in [6, 6.07) is 35.0. The summed E-state index contributed by atoms with van der Waals surface area (Å²) in [6.45, 7) is 0. The lowest BCUT2D eigenvalue weighted by atomic mass is 9.52. The number of aliphatic carboxylic acids is 1. The third-order valence-corrected chi connectivity index (χ3v) is 6.90. The summed E-state index contributed by atoms with van der Waals surface area (Å²) in [5, 5.41) is 19.3. The molecular formula is C31H23NO4. The SMILES string of the molecule is N#Cc1ccc(-c2ccccc2OC(=O)C2[C@@H](c3ccccc3)C(C(=O)O)[C@@H]2c2ccccc2)cc1. The van der Waals surface area contributed by atoms with Gasteiger partial charge in [-0.3, -0.25) is 9.59 Å². The molecule has 2 atom stereocenters. The van der Waals surface area contributed by atoms with E-state index in [1.54, 1.807) is 24.3 Å². The Morgan fingerprint density at radius 3 is 1.75 bits per heavy atom. The van der Waals surface area contributed by atoms with Crippen LogP contribution in [0.2, 0.25) is 0 Å². The van der Waals surface area contributed by atoms with E-state index in [2.05, 4.69) is 6.07 Å². The molecule has 36 heavy (non-hydrogen) atoms. The van der Waals surface area contributed by atoms with Crippen molar-refractivity contribution in [3.05, 3.63) is 126 Å². The number of nitrogens with zero attached hydrogens (tertiary/aromatic N) is 1. The molecule has 5 heteroatoms. The van der Waals surface area contributed by atoms with Gasteiger partial charge in [0.1, 0.15) is 5.75 Å². The van der Waals surface area contributed by atoms with Gasteiger partial charge in [0.15, 0.2) is 0 Å². The number of carbonyl (C=O) groups is 2. The van der Waals surface area contributed by atoms with E-state index < -0.39 is 35.6 Å². The Balaban J connectivity index is 1.52. The monoisotopic (exact) mass is 473 g/mol. The number of hydrogen-bond acceptors (Lipinski definition) is 4. The Labute approximate surface area is 209 Å². The molecule has 0 unspecified atom stereocenters. The van der Waals surface area contributed by atoms with Gasteiger partial charge in [-0.2, -0.15) is 5.26 Å². The standard InChI is InChI=1S/C31H23NO4/c32-19-20-15-17-21(18-16-20)24-13-7-8-14-25(24)36-31(35)29-26(22-9-3-1-4-10-22)28(30(33)34)27(29)23-11-5-2-6-12-23/h1-18,26-29H,(H,33,34)/t26-,27-,28?,29?/m0/s1. The first-order valence-electron chi connectivity index (χ1n) is 11.7. The fourth-order valence-corrected chi connectivity index (χ4v) is 5.22. The molecule has 0 heterocycles. The molecule has 5 rings (SSSR count). The fourth-order valence-electron chi connectivity index (χ4n) is 5.22. The molecule has 1 N–H and O–H groups in total. The Morgan fingerprint density at radius 2 is 1.22 bits per heavy atom. The molecule has 1 aliphatic carbocycles. The molecule has 0 aromatic heterocycles. The highest BCUT2D eigenvalue weighted by Gasteiger charge is 2.59. The van der Waals surface area contributed by atoms with Crippen LogP contribution in [0.15, 0.2) is 109 Å². The van der Waals surface area contributed by atoms with Gasteiger partial charge < -0.3 is 9.84 Å². The largest absolute Gasteiger partial charge is 0.481 e. The molecule has 4 aromatic carbocycles. The maximum Gasteiger partial charge on any atom is 0.315 e. The lowest BCUT2D eigenvalue weighted by Gasteiger charge is -2.49. The predicted octanol–water partition coefficient (Wildman–Crippen LogP) is 6.03. The minimum absolute atomic E-state index is 0.393. The summed E-state index contributed by atoms with van der Waals surface area (Å²) in [6.07, 6.45) is 0. The molecule has 176 valence electrons. The maximum atomic E-state index is 13.8. The van der Waals surface area contributed by atoms with E-state index in [0.717, 1.165) is 22.3 Å². The molecule has 0 amide bonds. The van der Waals surface area contributed by atoms with Gasteiger partial charge in [0.2, 0.25) is 0 Å². The lowest BCUT2D eigenvalue weighted by molar-refractivity contribution is -0.158. The zero-order chi connectivity index (χ0) is 25.1. The summed E-state index contributed by atoms with van der Waals surface area (Å²) in [5.74, 6) is -3.43. The number of carbonyl (C=O) groups excluding carboxylic acids is 1. The number of rotatable bonds is 6. The average molecular weight is 474 g/mol. The normalized spacial score (nSPS) is 20.5. The van der Waals surface area contributed by atoms with E-state index >= 15 is 0 Å². The van der Waals surface area contributed by atoms with Gasteiger partial charge in [0.05, 0.1) is 23.5 Å². The second-order valence-corrected chi connectivity index (χ2v) is 8.87. The zero-order valence-electron chi connectivity index (χ0n) is 19.3. The first-order valence-corrected chi connectivity index (χ1v) is 11.7. The van der Waals surface area contributed by atoms with Crippen molar-refractivity contribution in [2.24, 2.45) is 11.8 Å². The molecule has 4 aromatic rings. The van der Waals surface area contributed by atoms with E-state index in [-0.39, 0.29) is 0 Å². The van der Waals surface area contributed by atoms with Gasteiger partial charge in [-0.05, 0) is 34.9 Å². The second-order valence-electron chi connectivity index (χ2n) is 8.87. The smallest absolute Gasteiger partial charge is 0.315 e. The Bertz CT molecular complexity index is 1380. The third-order valence-electron chi connectivity index (χ3n) is 6.90. The van der Waals surface area contributed by atoms with E-state index in [4.69, 9.17) is 10.00 Å². The van der Waals surface area contributed by atoms with Gasteiger partial charge in [0, 0.05) is 17.4 Å². The van der Waals surface area contributed by atoms with Gasteiger partial charge in [-0.25, -0.2) is 0 Å². The van der Waals surface area contributed by atoms with E-state index in [1.165, 1.54) is 0 Å². The van der Waals surface area contributed by atoms with Crippen LogP contribution in [0.4, 0.5) is 0 Å². The number of nitriles is 1. The number of benzene rings is 4. The van der Waals surface area contributed by atoms with Crippen molar-refractivity contribution in [1.82, 2.24) is 0 Å². The van der Waals surface area contributed by atoms with Crippen LogP contribution in [0.5, 0.6) is 5.75 Å². The Hall–Kier alpha value is -4.69. The first-order chi connectivity index (χ1) is 17.6. The molecule has 1 fully saturated rings. The highest BCUT2D eigenvalue weighted by atomic mass is 16.5. The summed E-state index contributed by atoms with van der Waals surface area (Å²) in [7, 11) is 0. The van der Waals surface area contributed by atoms with Crippen LogP contribution in [-0.4, -0.2) is 17.0 Å². The minimum Gasteiger partial charge on any atom is -0.481 e. The van der Waals surface area contributed by atoms with Crippen LogP contribution in [0.25, 0.3) is 11.1 Å². The fraction of sp³-hybridized carbons (Fsp3) is 0.129. The van der Waals surface area contributed by atoms with Crippen LogP contribution in [0.3, 0.4) is 0 Å². The van der Waals surface area contributed by atoms with Crippen molar-refractivity contribution in [1.29, 1.82) is 5.26 Å². The molecule has 0 bridgehead atoms. The van der Waals surface area contributed by atoms with Crippen molar-refractivity contribution >= 4 is 11.9 Å². The topological polar surface area (TPSA) is 87.4 Å². The van der Waals surface area contributed by atoms with Crippen LogP contribution in [0, 0.1) is 23.2 Å². The number of para-hydroxylation sites is 1. The minimum atomic E-state index is -0.931. The number of hydrogen-bond donors (Lipinski definition) is 1. The average Bonchev–Trinajstić information content (AvgIpc) is 2.89. The number of ether oxygens (including phenoxy) is 1. The van der Waals surface area contributed by atoms with Crippen molar-refractivity contribution in [3.8, 4) is 22.9 Å². The lowest BCUT2D eigenvalue weighted by Crippen LogP contribution is -2.52. The van der Waals surface area contributed by atoms with E-state index in [9.17, 15) is 14.7 Å². The quantitative estimate of drug-likeness (QED) is 0.273. The Kier molecular flexibility index (Phi) is 6.34. The first kappa shape index (κ1) is 23.1. The van der Waals surface area contributed by atoms with Crippen molar-refractivity contribution in [3.63, 3.8) is 0 Å². The molecule has 0 radical (unpaired) electrons. The van der Waals surface area contributed by atoms with Gasteiger partial charge >= 0.3 is 11.9 Å². The zero-order valence-corrected chi connectivity index (χ0v) is 19.3. The molecule has 1 saturated carbocycles. The maximum absolute atomic E-state index is 13.8. The van der Waals surface area contributed by atoms with Gasteiger partial charge in [0.25, 0.3) is 0 Å². The molecular weight excluding hydrogens is 450 g/mol. The van der Waals surface area contributed by atoms with E-state index in [1.807, 2.05) is 84.9 Å². The van der Waals surface area contributed by atoms with Crippen molar-refractivity contribution < 1.29 is 19.4 Å². The van der Waals surface area contributed by atoms with Crippen LogP contribution in [-0.2, 0) is 9.59 Å². The highest BCUT2D eigenvalue weighted by molar-refractivity contribution is 5.87. The summed E-state index contributed by atoms with van der Waals surface area (Å²) in [5.41, 5.74) is 3.68. The number of carboxylic acids is 1. The van der Waals surface area contributed by atoms with Crippen LogP contribution in [0.1, 0.15) is 28.5 Å². The second kappa shape index (κ2) is 9.89. The Morgan fingerprint density at radius 1 is 0.694 bits per heavy atom. The van der Waals surface area contributed by atoms with Gasteiger partial charge in [-0.15, -0.1) is 0 Å². The molecule has 0 aliphatic heterocycles. The molecule has 5 nitrogen and oxygen atoms in total. The predicted molar refractivity (Wildman–Crippen MR) is 135 cm³/mol. The highest BCUT2D eigenvalue weighted by Crippen LogP contribution is 2.58. The summed E-state index contributed by atoms with van der Waals surface area (Å²) >= 11 is 0. The summed E-state index contributed by atoms with van der Waals surface area (Å²) < 4.78 is 6.00. The number of esters is 1. The number of carboxylic acid groups (broad SMARTS) is 1. The van der Waals surface area contributed by atoms with Crippen LogP contribution < -0.4 is 4.74 Å². The van der Waals surface area contributed by atoms with Crippen molar-refractivity contribution in [2.75, 3.05) is 0 Å². The third kappa shape index (κ3) is 4.25. The van der Waals surface area contributed by atoms with Gasteiger partial charge in [-0.1, -0.05) is 91.0 Å². The van der Waals surface area contributed by atoms with Crippen LogP contribution >= 0.6 is 0 Å². The molecule has 0 spiro atoms. The molecule has 0 saturated heterocycles.